The van der Waals surface area contributed by atoms with E-state index < -0.39 is 49.5 Å². The minimum Gasteiger partial charge on any atom is -0.466 e. The van der Waals surface area contributed by atoms with Gasteiger partial charge in [0.25, 0.3) is 0 Å². The molecule has 6 N–H and O–H groups in total. The third kappa shape index (κ3) is 39.5. The summed E-state index contributed by atoms with van der Waals surface area (Å²) in [5.74, 6) is -0.218. The molecule has 0 saturated carbocycles. The van der Waals surface area contributed by atoms with Crippen molar-refractivity contribution in [2.75, 3.05) is 19.8 Å². The van der Waals surface area contributed by atoms with Crippen molar-refractivity contribution < 1.29 is 49.3 Å². The largest absolute Gasteiger partial charge is 0.466 e. The second kappa shape index (κ2) is 49.6. The van der Waals surface area contributed by atoms with Gasteiger partial charge >= 0.3 is 5.97 Å². The van der Waals surface area contributed by atoms with Gasteiger partial charge in [-0.3, -0.25) is 9.59 Å². The van der Waals surface area contributed by atoms with Crippen molar-refractivity contribution in [2.45, 2.75) is 288 Å². The fraction of sp³-hybridized carbons (Fsp3) is 0.800. The van der Waals surface area contributed by atoms with Gasteiger partial charge in [0.2, 0.25) is 5.91 Å². The summed E-state index contributed by atoms with van der Waals surface area (Å²) in [6.07, 6.45) is 53.5. The average molecular weight is 1000 g/mol. The Bertz CT molecular complexity index is 1360. The lowest BCUT2D eigenvalue weighted by Gasteiger charge is -2.40. The van der Waals surface area contributed by atoms with Gasteiger partial charge in [0.05, 0.1) is 32.0 Å². The predicted molar refractivity (Wildman–Crippen MR) is 292 cm³/mol. The van der Waals surface area contributed by atoms with Gasteiger partial charge in [0.15, 0.2) is 6.29 Å². The Morgan fingerprint density at radius 2 is 1.01 bits per heavy atom. The van der Waals surface area contributed by atoms with Gasteiger partial charge in [0, 0.05) is 12.8 Å². The van der Waals surface area contributed by atoms with Crippen molar-refractivity contribution in [1.29, 1.82) is 0 Å². The number of hydrogen-bond donors (Lipinski definition) is 6. The maximum absolute atomic E-state index is 13.0. The number of allylic oxidation sites excluding steroid dienone is 9. The summed E-state index contributed by atoms with van der Waals surface area (Å²) in [7, 11) is 0. The van der Waals surface area contributed by atoms with E-state index in [0.29, 0.717) is 25.9 Å². The van der Waals surface area contributed by atoms with Crippen LogP contribution in [0.4, 0.5) is 0 Å². The topological polar surface area (TPSA) is 175 Å². The minimum absolute atomic E-state index is 0.00680. The standard InChI is InChI=1S/C60H107NO10/c1-3-5-7-9-11-13-27-32-36-40-44-48-56(65)69-49-45-41-37-33-29-26-24-22-20-18-16-14-15-17-19-21-23-25-28-31-35-39-43-47-55(64)61-52(53(63)46-42-38-34-30-12-10-8-6-4-2)51-70-60-59(68)58(67)57(66)54(50-62)71-60/h4,6,12,14,16-17,19,30,42,46,52-54,57-60,62-63,66-68H,3,5,7-11,13,15,18,20-29,31-41,43-45,47-51H2,1-2H3,(H,61,64)/b6-4+,16-14-,19-17-,30-12+,46-42+. The fourth-order valence-corrected chi connectivity index (χ4v) is 8.80. The number of nitrogens with one attached hydrogen (secondary N) is 1. The van der Waals surface area contributed by atoms with Crippen LogP contribution in [0.1, 0.15) is 245 Å². The Morgan fingerprint density at radius 3 is 1.55 bits per heavy atom. The van der Waals surface area contributed by atoms with E-state index in [1.807, 2.05) is 19.1 Å². The van der Waals surface area contributed by atoms with Gasteiger partial charge in [-0.15, -0.1) is 0 Å². The van der Waals surface area contributed by atoms with Crippen molar-refractivity contribution in [3.8, 4) is 0 Å². The van der Waals surface area contributed by atoms with Gasteiger partial charge < -0.3 is 45.1 Å². The first-order chi connectivity index (χ1) is 34.7. The summed E-state index contributed by atoms with van der Waals surface area (Å²) >= 11 is 0. The van der Waals surface area contributed by atoms with Crippen LogP contribution < -0.4 is 5.32 Å². The Labute approximate surface area is 433 Å². The SMILES string of the molecule is C/C=C/CC/C=C/CC/C=C/C(O)C(COC1OC(CO)C(O)C(O)C1O)NC(=O)CCCCCCCCC/C=C\C/C=C\CCCCCCCCCCCOC(=O)CCCCCCCCCCCCC. The molecule has 1 amide bonds. The lowest BCUT2D eigenvalue weighted by atomic mass is 9.99. The zero-order valence-electron chi connectivity index (χ0n) is 45.2. The molecule has 412 valence electrons. The molecule has 1 aliphatic rings. The monoisotopic (exact) mass is 1000 g/mol. The lowest BCUT2D eigenvalue weighted by Crippen LogP contribution is -2.60. The molecule has 7 unspecified atom stereocenters. The third-order valence-electron chi connectivity index (χ3n) is 13.4. The van der Waals surface area contributed by atoms with Gasteiger partial charge in [0.1, 0.15) is 24.4 Å². The van der Waals surface area contributed by atoms with Gasteiger partial charge in [-0.2, -0.15) is 0 Å². The summed E-state index contributed by atoms with van der Waals surface area (Å²) in [6.45, 7) is 4.06. The molecule has 1 saturated heterocycles. The highest BCUT2D eigenvalue weighted by atomic mass is 16.7. The number of rotatable bonds is 49. The van der Waals surface area contributed by atoms with E-state index in [9.17, 15) is 35.1 Å². The third-order valence-corrected chi connectivity index (χ3v) is 13.4. The molecule has 71 heavy (non-hydrogen) atoms. The normalized spacial score (nSPS) is 19.6. The van der Waals surface area contributed by atoms with Crippen molar-refractivity contribution >= 4 is 11.9 Å². The highest BCUT2D eigenvalue weighted by Crippen LogP contribution is 2.23. The van der Waals surface area contributed by atoms with E-state index in [1.165, 1.54) is 122 Å². The van der Waals surface area contributed by atoms with Crippen molar-refractivity contribution in [3.63, 3.8) is 0 Å². The number of carbonyl (C=O) groups excluding carboxylic acids is 2. The van der Waals surface area contributed by atoms with Crippen LogP contribution in [-0.4, -0.2) is 100 Å². The molecule has 1 fully saturated rings. The number of carbonyl (C=O) groups is 2. The lowest BCUT2D eigenvalue weighted by molar-refractivity contribution is -0.302. The highest BCUT2D eigenvalue weighted by Gasteiger charge is 2.44. The van der Waals surface area contributed by atoms with Crippen molar-refractivity contribution in [2.24, 2.45) is 0 Å². The van der Waals surface area contributed by atoms with Crippen LogP contribution in [-0.2, 0) is 23.8 Å². The quantitative estimate of drug-likeness (QED) is 0.0195. The summed E-state index contributed by atoms with van der Waals surface area (Å²) in [6, 6.07) is -0.841. The molecule has 1 heterocycles. The van der Waals surface area contributed by atoms with Gasteiger partial charge in [-0.25, -0.2) is 0 Å². The molecule has 1 rings (SSSR count). The Kier molecular flexibility index (Phi) is 46.3. The van der Waals surface area contributed by atoms with E-state index in [2.05, 4.69) is 54.8 Å². The molecule has 0 aromatic carbocycles. The predicted octanol–water partition coefficient (Wildman–Crippen LogP) is 13.1. The van der Waals surface area contributed by atoms with E-state index in [0.717, 1.165) is 89.9 Å². The summed E-state index contributed by atoms with van der Waals surface area (Å²) in [5, 5.41) is 54.1. The van der Waals surface area contributed by atoms with Crippen LogP contribution in [0.25, 0.3) is 0 Å². The van der Waals surface area contributed by atoms with Crippen LogP contribution in [0, 0.1) is 0 Å². The number of aliphatic hydroxyl groups excluding tert-OH is 5. The first-order valence-electron chi connectivity index (χ1n) is 29.0. The molecular formula is C60H107NO10. The second-order valence-electron chi connectivity index (χ2n) is 20.0. The van der Waals surface area contributed by atoms with E-state index in [-0.39, 0.29) is 18.5 Å². The number of aliphatic hydroxyl groups is 5. The zero-order chi connectivity index (χ0) is 51.7. The van der Waals surface area contributed by atoms with Crippen molar-refractivity contribution in [1.82, 2.24) is 5.32 Å². The van der Waals surface area contributed by atoms with E-state index in [1.54, 1.807) is 6.08 Å². The summed E-state index contributed by atoms with van der Waals surface area (Å²) in [4.78, 5) is 25.0. The Balaban J connectivity index is 2.05. The zero-order valence-corrected chi connectivity index (χ0v) is 45.2. The van der Waals surface area contributed by atoms with Crippen LogP contribution >= 0.6 is 0 Å². The Morgan fingerprint density at radius 1 is 0.549 bits per heavy atom. The number of unbranched alkanes of at least 4 members (excludes halogenated alkanes) is 28. The average Bonchev–Trinajstić information content (AvgIpc) is 3.37. The summed E-state index contributed by atoms with van der Waals surface area (Å²) < 4.78 is 16.6. The molecule has 0 radical (unpaired) electrons. The smallest absolute Gasteiger partial charge is 0.305 e. The highest BCUT2D eigenvalue weighted by molar-refractivity contribution is 5.76. The van der Waals surface area contributed by atoms with Gasteiger partial charge in [-0.1, -0.05) is 209 Å². The maximum atomic E-state index is 13.0. The van der Waals surface area contributed by atoms with Crippen molar-refractivity contribution in [3.05, 3.63) is 60.8 Å². The fourth-order valence-electron chi connectivity index (χ4n) is 8.80. The summed E-state index contributed by atoms with van der Waals surface area (Å²) in [5.41, 5.74) is 0. The molecule has 0 spiro atoms. The molecule has 0 bridgehead atoms. The van der Waals surface area contributed by atoms with Crippen LogP contribution in [0.3, 0.4) is 0 Å². The molecule has 11 nitrogen and oxygen atoms in total. The molecule has 7 atom stereocenters. The molecular weight excluding hydrogens is 895 g/mol. The molecule has 0 aromatic rings. The van der Waals surface area contributed by atoms with Crippen LogP contribution in [0.2, 0.25) is 0 Å². The molecule has 1 aliphatic heterocycles. The van der Waals surface area contributed by atoms with Crippen LogP contribution in [0.5, 0.6) is 0 Å². The molecule has 0 aliphatic carbocycles. The minimum atomic E-state index is -1.58. The van der Waals surface area contributed by atoms with Crippen LogP contribution in [0.15, 0.2) is 60.8 Å². The number of esters is 1. The first-order valence-corrected chi connectivity index (χ1v) is 29.0. The molecule has 11 heteroatoms. The Hall–Kier alpha value is -2.64. The number of ether oxygens (including phenoxy) is 3. The van der Waals surface area contributed by atoms with E-state index >= 15 is 0 Å². The first kappa shape index (κ1) is 66.4. The van der Waals surface area contributed by atoms with Gasteiger partial charge in [-0.05, 0) is 84.0 Å². The maximum Gasteiger partial charge on any atom is 0.305 e. The van der Waals surface area contributed by atoms with E-state index in [4.69, 9.17) is 14.2 Å². The second-order valence-corrected chi connectivity index (χ2v) is 20.0. The number of amides is 1. The number of hydrogen-bond acceptors (Lipinski definition) is 10. The molecule has 0 aromatic heterocycles.